The first kappa shape index (κ1) is 21.8. The monoisotopic (exact) mass is 444 g/mol. The number of hydrogen-bond acceptors (Lipinski definition) is 7. The van der Waals surface area contributed by atoms with E-state index in [1.54, 1.807) is 7.11 Å². The number of likely N-dealkylation sites (N-methyl/N-ethyl adjacent to an activating group) is 1. The molecule has 5 rings (SSSR count). The third-order valence-corrected chi connectivity index (χ3v) is 6.05. The van der Waals surface area contributed by atoms with E-state index in [2.05, 4.69) is 27.5 Å². The van der Waals surface area contributed by atoms with Gasteiger partial charge in [0.05, 0.1) is 25.3 Å². The number of nitrogens with zero attached hydrogens (tertiary/aromatic N) is 6. The molecule has 0 N–H and O–H groups in total. The van der Waals surface area contributed by atoms with Crippen molar-refractivity contribution in [1.29, 1.82) is 0 Å². The molecule has 3 aromatic rings. The van der Waals surface area contributed by atoms with Crippen LogP contribution in [0.3, 0.4) is 0 Å². The predicted octanol–water partition coefficient (Wildman–Crippen LogP) is 2.95. The van der Waals surface area contributed by atoms with E-state index in [-0.39, 0.29) is 18.4 Å². The standard InChI is InChI=1S/C22H28N6O2.ClH/c1-15-23-21(27-11-9-26(2)10-12-27)19-22(24-15)28(16-8-13-30-14-16)20(25-19)17-6-4-5-7-18(17)29-3;/h4-7,16H,8-14H2,1-3H3;1H. The van der Waals surface area contributed by atoms with Crippen molar-refractivity contribution < 1.29 is 9.47 Å². The number of methoxy groups -OCH3 is 1. The Morgan fingerprint density at radius 2 is 1.84 bits per heavy atom. The average Bonchev–Trinajstić information content (AvgIpc) is 3.41. The topological polar surface area (TPSA) is 68.5 Å². The second kappa shape index (κ2) is 8.98. The van der Waals surface area contributed by atoms with Crippen LogP contribution in [-0.4, -0.2) is 78.0 Å². The van der Waals surface area contributed by atoms with Crippen LogP contribution in [0.4, 0.5) is 5.82 Å². The minimum atomic E-state index is 0. The molecule has 1 atom stereocenters. The lowest BCUT2D eigenvalue weighted by atomic mass is 10.1. The van der Waals surface area contributed by atoms with Crippen LogP contribution < -0.4 is 9.64 Å². The first-order valence-corrected chi connectivity index (χ1v) is 10.6. The van der Waals surface area contributed by atoms with Crippen LogP contribution in [0.25, 0.3) is 22.6 Å². The number of piperazine rings is 1. The Morgan fingerprint density at radius 1 is 1.06 bits per heavy atom. The molecule has 31 heavy (non-hydrogen) atoms. The van der Waals surface area contributed by atoms with E-state index in [4.69, 9.17) is 24.4 Å². The number of aromatic nitrogens is 4. The van der Waals surface area contributed by atoms with Gasteiger partial charge in [0.2, 0.25) is 0 Å². The van der Waals surface area contributed by atoms with Gasteiger partial charge < -0.3 is 23.8 Å². The van der Waals surface area contributed by atoms with E-state index in [0.29, 0.717) is 6.61 Å². The fourth-order valence-electron chi connectivity index (χ4n) is 4.40. The number of benzene rings is 1. The van der Waals surface area contributed by atoms with Gasteiger partial charge in [-0.2, -0.15) is 0 Å². The Labute approximate surface area is 188 Å². The molecule has 1 unspecified atom stereocenters. The van der Waals surface area contributed by atoms with Crippen LogP contribution in [0, 0.1) is 6.92 Å². The van der Waals surface area contributed by atoms with E-state index < -0.39 is 0 Å². The number of para-hydroxylation sites is 1. The summed E-state index contributed by atoms with van der Waals surface area (Å²) in [6, 6.07) is 8.23. The van der Waals surface area contributed by atoms with Gasteiger partial charge in [-0.05, 0) is 32.5 Å². The van der Waals surface area contributed by atoms with Crippen LogP contribution in [0.15, 0.2) is 24.3 Å². The van der Waals surface area contributed by atoms with Crippen molar-refractivity contribution in [1.82, 2.24) is 24.4 Å². The SMILES string of the molecule is COc1ccccc1-c1nc2c(N3CCN(C)CC3)nc(C)nc2n1C1CCOC1.Cl. The first-order chi connectivity index (χ1) is 14.7. The summed E-state index contributed by atoms with van der Waals surface area (Å²) < 4.78 is 13.6. The van der Waals surface area contributed by atoms with Gasteiger partial charge in [0, 0.05) is 32.8 Å². The molecule has 2 aromatic heterocycles. The summed E-state index contributed by atoms with van der Waals surface area (Å²) >= 11 is 0. The zero-order valence-electron chi connectivity index (χ0n) is 18.2. The molecule has 4 heterocycles. The normalized spacial score (nSPS) is 19.6. The molecule has 0 aliphatic carbocycles. The van der Waals surface area contributed by atoms with Gasteiger partial charge in [-0.25, -0.2) is 15.0 Å². The molecule has 2 aliphatic heterocycles. The van der Waals surface area contributed by atoms with Gasteiger partial charge in [0.25, 0.3) is 0 Å². The molecule has 0 saturated carbocycles. The van der Waals surface area contributed by atoms with Crippen molar-refractivity contribution in [2.45, 2.75) is 19.4 Å². The Bertz CT molecular complexity index is 1060. The number of halogens is 1. The highest BCUT2D eigenvalue weighted by Gasteiger charge is 2.29. The minimum Gasteiger partial charge on any atom is -0.496 e. The van der Waals surface area contributed by atoms with Crippen LogP contribution in [0.1, 0.15) is 18.3 Å². The summed E-state index contributed by atoms with van der Waals surface area (Å²) in [6.07, 6.45) is 0.945. The number of fused-ring (bicyclic) bond motifs is 1. The fourth-order valence-corrected chi connectivity index (χ4v) is 4.40. The molecule has 2 aliphatic rings. The summed E-state index contributed by atoms with van der Waals surface area (Å²) in [5, 5.41) is 0. The number of aryl methyl sites for hydroxylation is 1. The Balaban J connectivity index is 0.00000231. The molecule has 166 valence electrons. The number of hydrogen-bond donors (Lipinski definition) is 0. The molecular formula is C22H29ClN6O2. The average molecular weight is 445 g/mol. The largest absolute Gasteiger partial charge is 0.496 e. The van der Waals surface area contributed by atoms with Gasteiger partial charge in [0.1, 0.15) is 17.4 Å². The van der Waals surface area contributed by atoms with Gasteiger partial charge >= 0.3 is 0 Å². The van der Waals surface area contributed by atoms with E-state index in [1.165, 1.54) is 0 Å². The van der Waals surface area contributed by atoms with Gasteiger partial charge in [0.15, 0.2) is 17.0 Å². The lowest BCUT2D eigenvalue weighted by Gasteiger charge is -2.33. The van der Waals surface area contributed by atoms with E-state index >= 15 is 0 Å². The summed E-state index contributed by atoms with van der Waals surface area (Å²) in [7, 11) is 3.86. The Hall–Kier alpha value is -2.42. The maximum atomic E-state index is 5.73. The molecule has 8 nitrogen and oxygen atoms in total. The number of imidazole rings is 1. The smallest absolute Gasteiger partial charge is 0.166 e. The molecule has 0 bridgehead atoms. The quantitative estimate of drug-likeness (QED) is 0.612. The molecule has 2 saturated heterocycles. The minimum absolute atomic E-state index is 0. The summed E-state index contributed by atoms with van der Waals surface area (Å²) in [5.74, 6) is 3.37. The molecule has 2 fully saturated rings. The summed E-state index contributed by atoms with van der Waals surface area (Å²) in [6.45, 7) is 7.29. The lowest BCUT2D eigenvalue weighted by Crippen LogP contribution is -2.45. The highest BCUT2D eigenvalue weighted by molar-refractivity contribution is 5.88. The van der Waals surface area contributed by atoms with Crippen LogP contribution in [0.2, 0.25) is 0 Å². The Morgan fingerprint density at radius 3 is 2.55 bits per heavy atom. The fraction of sp³-hybridized carbons (Fsp3) is 0.500. The van der Waals surface area contributed by atoms with Gasteiger partial charge in [-0.3, -0.25) is 0 Å². The van der Waals surface area contributed by atoms with Gasteiger partial charge in [-0.1, -0.05) is 12.1 Å². The molecule has 0 radical (unpaired) electrons. The van der Waals surface area contributed by atoms with Crippen LogP contribution in [-0.2, 0) is 4.74 Å². The van der Waals surface area contributed by atoms with Crippen molar-refractivity contribution >= 4 is 29.4 Å². The highest BCUT2D eigenvalue weighted by atomic mass is 35.5. The van der Waals surface area contributed by atoms with Crippen molar-refractivity contribution in [3.8, 4) is 17.1 Å². The van der Waals surface area contributed by atoms with E-state index in [1.807, 2.05) is 25.1 Å². The summed E-state index contributed by atoms with van der Waals surface area (Å²) in [4.78, 5) is 19.5. The van der Waals surface area contributed by atoms with E-state index in [9.17, 15) is 0 Å². The molecular weight excluding hydrogens is 416 g/mol. The maximum Gasteiger partial charge on any atom is 0.166 e. The first-order valence-electron chi connectivity index (χ1n) is 10.6. The Kier molecular flexibility index (Phi) is 6.31. The molecule has 9 heteroatoms. The third-order valence-electron chi connectivity index (χ3n) is 6.05. The molecule has 0 amide bonds. The number of ether oxygens (including phenoxy) is 2. The highest BCUT2D eigenvalue weighted by Crippen LogP contribution is 2.37. The van der Waals surface area contributed by atoms with Crippen LogP contribution in [0.5, 0.6) is 5.75 Å². The van der Waals surface area contributed by atoms with Gasteiger partial charge in [-0.15, -0.1) is 12.4 Å². The molecule has 1 aromatic carbocycles. The van der Waals surface area contributed by atoms with Crippen molar-refractivity contribution in [3.63, 3.8) is 0 Å². The number of anilines is 1. The molecule has 0 spiro atoms. The second-order valence-electron chi connectivity index (χ2n) is 8.08. The summed E-state index contributed by atoms with van der Waals surface area (Å²) in [5.41, 5.74) is 2.71. The van der Waals surface area contributed by atoms with E-state index in [0.717, 1.165) is 79.2 Å². The third kappa shape index (κ3) is 3.95. The van der Waals surface area contributed by atoms with Crippen molar-refractivity contribution in [2.24, 2.45) is 0 Å². The second-order valence-corrected chi connectivity index (χ2v) is 8.08. The lowest BCUT2D eigenvalue weighted by molar-refractivity contribution is 0.187. The van der Waals surface area contributed by atoms with Crippen LogP contribution >= 0.6 is 12.4 Å². The zero-order valence-corrected chi connectivity index (χ0v) is 19.1. The van der Waals surface area contributed by atoms with Crippen molar-refractivity contribution in [3.05, 3.63) is 30.1 Å². The number of rotatable bonds is 4. The van der Waals surface area contributed by atoms with Crippen molar-refractivity contribution in [2.75, 3.05) is 58.5 Å². The predicted molar refractivity (Wildman–Crippen MR) is 123 cm³/mol. The zero-order chi connectivity index (χ0) is 20.7. The maximum absolute atomic E-state index is 5.73.